The highest BCUT2D eigenvalue weighted by atomic mass is 16.6. The molecule has 0 spiro atoms. The average Bonchev–Trinajstić information content (AvgIpc) is 2.59. The first-order chi connectivity index (χ1) is 12.3. The first-order valence-electron chi connectivity index (χ1n) is 9.09. The molecule has 0 aliphatic rings. The second-order valence-electron chi connectivity index (χ2n) is 7.53. The van der Waals surface area contributed by atoms with Crippen molar-refractivity contribution >= 4 is 6.09 Å². The predicted molar refractivity (Wildman–Crippen MR) is 104 cm³/mol. The van der Waals surface area contributed by atoms with Crippen LogP contribution in [0.2, 0.25) is 0 Å². The van der Waals surface area contributed by atoms with Crippen LogP contribution in [-0.4, -0.2) is 28.9 Å². The van der Waals surface area contributed by atoms with Gasteiger partial charge in [0.1, 0.15) is 5.60 Å². The molecule has 2 rings (SSSR count). The minimum absolute atomic E-state index is 0.407. The SMILES string of the molecule is CC(C)(C)OC(=O)N[C@@H](Cc1ccccc1)[C@H](O)CCc1ccccc1. The van der Waals surface area contributed by atoms with Gasteiger partial charge in [0.15, 0.2) is 0 Å². The van der Waals surface area contributed by atoms with E-state index in [1.807, 2.05) is 81.4 Å². The fraction of sp³-hybridized carbons (Fsp3) is 0.409. The summed E-state index contributed by atoms with van der Waals surface area (Å²) < 4.78 is 5.36. The maximum Gasteiger partial charge on any atom is 0.407 e. The Bertz CT molecular complexity index is 665. The second kappa shape index (κ2) is 9.39. The number of aliphatic hydroxyl groups is 1. The van der Waals surface area contributed by atoms with Gasteiger partial charge in [0, 0.05) is 0 Å². The maximum absolute atomic E-state index is 12.2. The van der Waals surface area contributed by atoms with E-state index in [2.05, 4.69) is 5.32 Å². The quantitative estimate of drug-likeness (QED) is 0.785. The van der Waals surface area contributed by atoms with Crippen LogP contribution in [0.25, 0.3) is 0 Å². The molecule has 0 heterocycles. The van der Waals surface area contributed by atoms with Crippen LogP contribution >= 0.6 is 0 Å². The third-order valence-corrected chi connectivity index (χ3v) is 4.04. The predicted octanol–water partition coefficient (Wildman–Crippen LogP) is 4.12. The lowest BCUT2D eigenvalue weighted by molar-refractivity contribution is 0.0414. The molecule has 2 N–H and O–H groups in total. The van der Waals surface area contributed by atoms with Crippen molar-refractivity contribution in [1.82, 2.24) is 5.32 Å². The monoisotopic (exact) mass is 355 g/mol. The van der Waals surface area contributed by atoms with Crippen molar-refractivity contribution in [3.8, 4) is 0 Å². The number of aryl methyl sites for hydroxylation is 1. The number of carbonyl (C=O) groups excluding carboxylic acids is 1. The van der Waals surface area contributed by atoms with Crippen LogP contribution in [0, 0.1) is 0 Å². The van der Waals surface area contributed by atoms with E-state index in [0.717, 1.165) is 12.0 Å². The van der Waals surface area contributed by atoms with Crippen LogP contribution in [0.4, 0.5) is 4.79 Å². The Labute approximate surface area is 156 Å². The van der Waals surface area contributed by atoms with Gasteiger partial charge >= 0.3 is 6.09 Å². The Morgan fingerprint density at radius 2 is 1.54 bits per heavy atom. The van der Waals surface area contributed by atoms with E-state index in [9.17, 15) is 9.90 Å². The summed E-state index contributed by atoms with van der Waals surface area (Å²) in [4.78, 5) is 12.2. The molecule has 0 radical (unpaired) electrons. The number of alkyl carbamates (subject to hydrolysis) is 1. The minimum Gasteiger partial charge on any atom is -0.444 e. The lowest BCUT2D eigenvalue weighted by Crippen LogP contribution is -2.46. The van der Waals surface area contributed by atoms with Gasteiger partial charge in [0.2, 0.25) is 0 Å². The van der Waals surface area contributed by atoms with E-state index in [4.69, 9.17) is 4.74 Å². The highest BCUT2D eigenvalue weighted by molar-refractivity contribution is 5.68. The Kier molecular flexibility index (Phi) is 7.22. The van der Waals surface area contributed by atoms with Gasteiger partial charge < -0.3 is 15.2 Å². The van der Waals surface area contributed by atoms with Crippen LogP contribution in [0.3, 0.4) is 0 Å². The van der Waals surface area contributed by atoms with Crippen LogP contribution in [0.1, 0.15) is 38.3 Å². The van der Waals surface area contributed by atoms with Gasteiger partial charge in [-0.15, -0.1) is 0 Å². The van der Waals surface area contributed by atoms with Crippen LogP contribution in [0.5, 0.6) is 0 Å². The molecule has 0 fully saturated rings. The molecule has 0 aliphatic carbocycles. The molecular weight excluding hydrogens is 326 g/mol. The number of rotatable bonds is 7. The highest BCUT2D eigenvalue weighted by Crippen LogP contribution is 2.14. The van der Waals surface area contributed by atoms with Crippen molar-refractivity contribution in [3.63, 3.8) is 0 Å². The molecule has 4 nitrogen and oxygen atoms in total. The summed E-state index contributed by atoms with van der Waals surface area (Å²) in [5, 5.41) is 13.6. The van der Waals surface area contributed by atoms with Crippen molar-refractivity contribution in [2.75, 3.05) is 0 Å². The van der Waals surface area contributed by atoms with E-state index in [1.165, 1.54) is 5.56 Å². The molecule has 0 unspecified atom stereocenters. The molecule has 1 amide bonds. The van der Waals surface area contributed by atoms with Gasteiger partial charge in [0.25, 0.3) is 0 Å². The van der Waals surface area contributed by atoms with E-state index in [-0.39, 0.29) is 0 Å². The second-order valence-corrected chi connectivity index (χ2v) is 7.53. The smallest absolute Gasteiger partial charge is 0.407 e. The zero-order chi connectivity index (χ0) is 19.0. The normalized spacial score (nSPS) is 13.7. The molecule has 0 aliphatic heterocycles. The number of ether oxygens (including phenoxy) is 1. The molecule has 2 aromatic carbocycles. The van der Waals surface area contributed by atoms with Crippen molar-refractivity contribution in [3.05, 3.63) is 71.8 Å². The summed E-state index contributed by atoms with van der Waals surface area (Å²) >= 11 is 0. The largest absolute Gasteiger partial charge is 0.444 e. The molecule has 0 saturated heterocycles. The molecule has 0 bridgehead atoms. The summed E-state index contributed by atoms with van der Waals surface area (Å²) in [5.41, 5.74) is 1.66. The molecule has 140 valence electrons. The van der Waals surface area contributed by atoms with E-state index in [1.54, 1.807) is 0 Å². The third-order valence-electron chi connectivity index (χ3n) is 4.04. The molecular formula is C22H29NO3. The highest BCUT2D eigenvalue weighted by Gasteiger charge is 2.24. The first-order valence-corrected chi connectivity index (χ1v) is 9.09. The molecule has 2 aromatic rings. The molecule has 0 saturated carbocycles. The van der Waals surface area contributed by atoms with Crippen molar-refractivity contribution in [2.24, 2.45) is 0 Å². The minimum atomic E-state index is -0.664. The van der Waals surface area contributed by atoms with Crippen LogP contribution in [0.15, 0.2) is 60.7 Å². The van der Waals surface area contributed by atoms with Gasteiger partial charge in [-0.05, 0) is 51.2 Å². The summed E-state index contributed by atoms with van der Waals surface area (Å²) in [7, 11) is 0. The average molecular weight is 355 g/mol. The zero-order valence-electron chi connectivity index (χ0n) is 15.8. The Balaban J connectivity index is 2.02. The summed E-state index contributed by atoms with van der Waals surface area (Å²) in [6.07, 6.45) is 0.705. The third kappa shape index (κ3) is 7.28. The van der Waals surface area contributed by atoms with Crippen LogP contribution < -0.4 is 5.32 Å². The number of amides is 1. The van der Waals surface area contributed by atoms with Crippen molar-refractivity contribution in [1.29, 1.82) is 0 Å². The number of nitrogens with one attached hydrogen (secondary N) is 1. The zero-order valence-corrected chi connectivity index (χ0v) is 15.8. The summed E-state index contributed by atoms with van der Waals surface area (Å²) in [6, 6.07) is 19.5. The number of hydrogen-bond acceptors (Lipinski definition) is 3. The number of carbonyl (C=O) groups is 1. The lowest BCUT2D eigenvalue weighted by Gasteiger charge is -2.27. The molecule has 4 heteroatoms. The van der Waals surface area contributed by atoms with Gasteiger partial charge in [-0.3, -0.25) is 0 Å². The topological polar surface area (TPSA) is 58.6 Å². The first kappa shape index (κ1) is 20.0. The molecule has 26 heavy (non-hydrogen) atoms. The lowest BCUT2D eigenvalue weighted by atomic mass is 9.96. The van der Waals surface area contributed by atoms with E-state index < -0.39 is 23.8 Å². The van der Waals surface area contributed by atoms with E-state index >= 15 is 0 Å². The number of hydrogen-bond donors (Lipinski definition) is 2. The number of aliphatic hydroxyl groups excluding tert-OH is 1. The number of benzene rings is 2. The maximum atomic E-state index is 12.2. The van der Waals surface area contributed by atoms with E-state index in [0.29, 0.717) is 12.8 Å². The fourth-order valence-electron chi connectivity index (χ4n) is 2.77. The van der Waals surface area contributed by atoms with Gasteiger partial charge in [-0.25, -0.2) is 4.79 Å². The van der Waals surface area contributed by atoms with Crippen LogP contribution in [-0.2, 0) is 17.6 Å². The van der Waals surface area contributed by atoms with Gasteiger partial charge in [-0.1, -0.05) is 60.7 Å². The Hall–Kier alpha value is -2.33. The van der Waals surface area contributed by atoms with Crippen molar-refractivity contribution in [2.45, 2.75) is 57.8 Å². The van der Waals surface area contributed by atoms with Gasteiger partial charge in [-0.2, -0.15) is 0 Å². The summed E-state index contributed by atoms with van der Waals surface area (Å²) in [5.74, 6) is 0. The fourth-order valence-corrected chi connectivity index (χ4v) is 2.77. The van der Waals surface area contributed by atoms with Crippen molar-refractivity contribution < 1.29 is 14.6 Å². The Morgan fingerprint density at radius 1 is 1.00 bits per heavy atom. The molecule has 2 atom stereocenters. The standard InChI is InChI=1S/C22H29NO3/c1-22(2,3)26-21(25)23-19(16-18-12-8-5-9-13-18)20(24)15-14-17-10-6-4-7-11-17/h4-13,19-20,24H,14-16H2,1-3H3,(H,23,25)/t19-,20+/m0/s1. The molecule has 0 aromatic heterocycles. The summed E-state index contributed by atoms with van der Waals surface area (Å²) in [6.45, 7) is 5.47. The van der Waals surface area contributed by atoms with Gasteiger partial charge in [0.05, 0.1) is 12.1 Å². The Morgan fingerprint density at radius 3 is 2.08 bits per heavy atom.